The highest BCUT2D eigenvalue weighted by Crippen LogP contribution is 2.25. The van der Waals surface area contributed by atoms with Crippen LogP contribution in [0.4, 0.5) is 11.4 Å². The van der Waals surface area contributed by atoms with Crippen LogP contribution in [0.15, 0.2) is 18.2 Å². The number of nitrogens with one attached hydrogen (secondary N) is 2. The van der Waals surface area contributed by atoms with E-state index in [-0.39, 0.29) is 17.9 Å². The minimum absolute atomic E-state index is 0.0336. The summed E-state index contributed by atoms with van der Waals surface area (Å²) in [6.07, 6.45) is 1.68. The molecule has 21 heavy (non-hydrogen) atoms. The molecule has 5 heteroatoms. The fraction of sp³-hybridized carbons (Fsp3) is 0.562. The van der Waals surface area contributed by atoms with E-state index in [1.54, 1.807) is 18.2 Å². The van der Waals surface area contributed by atoms with E-state index in [1.165, 1.54) is 0 Å². The molecule has 0 bridgehead atoms. The quantitative estimate of drug-likeness (QED) is 0.554. The van der Waals surface area contributed by atoms with Gasteiger partial charge in [-0.05, 0) is 43.4 Å². The standard InChI is InChI=1S/C16H27N3O2/c1-4-18-15(21)13-7-6-12(17)10-14(13)19-11-16(2,3)8-5-9-20/h6-7,10,19-20H,4-5,8-9,11,17H2,1-3H3,(H,18,21). The number of nitrogens with two attached hydrogens (primary N) is 1. The zero-order valence-electron chi connectivity index (χ0n) is 13.2. The number of carbonyl (C=O) groups excluding carboxylic acids is 1. The van der Waals surface area contributed by atoms with E-state index in [4.69, 9.17) is 10.8 Å². The van der Waals surface area contributed by atoms with Gasteiger partial charge in [0.15, 0.2) is 0 Å². The molecule has 1 aromatic carbocycles. The number of carbonyl (C=O) groups is 1. The van der Waals surface area contributed by atoms with Gasteiger partial charge >= 0.3 is 0 Å². The van der Waals surface area contributed by atoms with Gasteiger partial charge in [0.25, 0.3) is 5.91 Å². The first kappa shape index (κ1) is 17.3. The predicted octanol–water partition coefficient (Wildman–Crippen LogP) is 2.23. The van der Waals surface area contributed by atoms with Crippen molar-refractivity contribution in [2.75, 3.05) is 30.7 Å². The molecular weight excluding hydrogens is 266 g/mol. The molecule has 0 aliphatic carbocycles. The predicted molar refractivity (Wildman–Crippen MR) is 87.5 cm³/mol. The van der Waals surface area contributed by atoms with Crippen LogP contribution < -0.4 is 16.4 Å². The third-order valence-electron chi connectivity index (χ3n) is 3.39. The van der Waals surface area contributed by atoms with Crippen molar-refractivity contribution in [1.82, 2.24) is 5.32 Å². The number of benzene rings is 1. The zero-order chi connectivity index (χ0) is 15.9. The highest BCUT2D eigenvalue weighted by atomic mass is 16.2. The van der Waals surface area contributed by atoms with Crippen LogP contribution in [0.5, 0.6) is 0 Å². The van der Waals surface area contributed by atoms with Gasteiger partial charge in [0.05, 0.1) is 5.56 Å². The number of aliphatic hydroxyl groups excluding tert-OH is 1. The fourth-order valence-electron chi connectivity index (χ4n) is 2.14. The van der Waals surface area contributed by atoms with E-state index >= 15 is 0 Å². The first-order valence-electron chi connectivity index (χ1n) is 7.42. The van der Waals surface area contributed by atoms with Gasteiger partial charge < -0.3 is 21.5 Å². The van der Waals surface area contributed by atoms with Crippen molar-refractivity contribution in [2.45, 2.75) is 33.6 Å². The van der Waals surface area contributed by atoms with E-state index in [1.807, 2.05) is 6.92 Å². The molecule has 5 nitrogen and oxygen atoms in total. The molecule has 0 unspecified atom stereocenters. The van der Waals surface area contributed by atoms with Gasteiger partial charge in [-0.2, -0.15) is 0 Å². The van der Waals surface area contributed by atoms with Crippen LogP contribution in [0.1, 0.15) is 44.0 Å². The molecule has 118 valence electrons. The molecule has 0 atom stereocenters. The SMILES string of the molecule is CCNC(=O)c1ccc(N)cc1NCC(C)(C)CCCO. The minimum atomic E-state index is -0.104. The second kappa shape index (κ2) is 7.88. The van der Waals surface area contributed by atoms with Gasteiger partial charge in [-0.3, -0.25) is 4.79 Å². The Morgan fingerprint density at radius 1 is 1.38 bits per heavy atom. The maximum atomic E-state index is 12.0. The van der Waals surface area contributed by atoms with Crippen molar-refractivity contribution in [3.63, 3.8) is 0 Å². The molecule has 1 aromatic rings. The summed E-state index contributed by atoms with van der Waals surface area (Å²) in [6.45, 7) is 7.65. The average Bonchev–Trinajstić information content (AvgIpc) is 2.43. The third kappa shape index (κ3) is 5.63. The lowest BCUT2D eigenvalue weighted by atomic mass is 9.87. The maximum absolute atomic E-state index is 12.0. The molecule has 0 aromatic heterocycles. The highest BCUT2D eigenvalue weighted by molar-refractivity contribution is 6.00. The number of anilines is 2. The van der Waals surface area contributed by atoms with Gasteiger partial charge in [0.1, 0.15) is 0 Å². The van der Waals surface area contributed by atoms with Crippen LogP contribution in [0.25, 0.3) is 0 Å². The summed E-state index contributed by atoms with van der Waals surface area (Å²) < 4.78 is 0. The summed E-state index contributed by atoms with van der Waals surface area (Å²) in [4.78, 5) is 12.0. The van der Waals surface area contributed by atoms with Crippen molar-refractivity contribution in [2.24, 2.45) is 5.41 Å². The number of amides is 1. The minimum Gasteiger partial charge on any atom is -0.399 e. The Kier molecular flexibility index (Phi) is 6.49. The van der Waals surface area contributed by atoms with Gasteiger partial charge in [0.2, 0.25) is 0 Å². The molecule has 0 fully saturated rings. The van der Waals surface area contributed by atoms with Crippen molar-refractivity contribution in [3.8, 4) is 0 Å². The van der Waals surface area contributed by atoms with Crippen LogP contribution in [0, 0.1) is 5.41 Å². The first-order chi connectivity index (χ1) is 9.89. The molecule has 0 aliphatic rings. The number of aliphatic hydroxyl groups is 1. The second-order valence-corrected chi connectivity index (χ2v) is 6.01. The smallest absolute Gasteiger partial charge is 0.253 e. The summed E-state index contributed by atoms with van der Waals surface area (Å²) in [5, 5.41) is 15.1. The molecule has 0 saturated heterocycles. The van der Waals surface area contributed by atoms with Crippen molar-refractivity contribution >= 4 is 17.3 Å². The average molecular weight is 293 g/mol. The molecule has 1 amide bonds. The highest BCUT2D eigenvalue weighted by Gasteiger charge is 2.18. The van der Waals surface area contributed by atoms with E-state index in [9.17, 15) is 4.79 Å². The van der Waals surface area contributed by atoms with Crippen molar-refractivity contribution in [1.29, 1.82) is 0 Å². The Bertz CT molecular complexity index is 473. The molecule has 0 radical (unpaired) electrons. The summed E-state index contributed by atoms with van der Waals surface area (Å²) in [5.74, 6) is -0.104. The second-order valence-electron chi connectivity index (χ2n) is 6.01. The number of hydrogen-bond donors (Lipinski definition) is 4. The van der Waals surface area contributed by atoms with E-state index < -0.39 is 0 Å². The first-order valence-corrected chi connectivity index (χ1v) is 7.42. The lowest BCUT2D eigenvalue weighted by molar-refractivity contribution is 0.0956. The normalized spacial score (nSPS) is 11.2. The number of rotatable bonds is 8. The molecule has 0 aliphatic heterocycles. The van der Waals surface area contributed by atoms with E-state index in [2.05, 4.69) is 24.5 Å². The Morgan fingerprint density at radius 3 is 2.71 bits per heavy atom. The van der Waals surface area contributed by atoms with Crippen LogP contribution in [-0.2, 0) is 0 Å². The van der Waals surface area contributed by atoms with Crippen LogP contribution in [0.3, 0.4) is 0 Å². The maximum Gasteiger partial charge on any atom is 0.253 e. The molecular formula is C16H27N3O2. The number of nitrogen functional groups attached to an aromatic ring is 1. The van der Waals surface area contributed by atoms with Gasteiger partial charge in [0, 0.05) is 31.1 Å². The number of hydrogen-bond acceptors (Lipinski definition) is 4. The molecule has 1 rings (SSSR count). The molecule has 0 heterocycles. The summed E-state index contributed by atoms with van der Waals surface area (Å²) in [6, 6.07) is 5.25. The largest absolute Gasteiger partial charge is 0.399 e. The molecule has 5 N–H and O–H groups in total. The summed E-state index contributed by atoms with van der Waals surface area (Å²) in [5.41, 5.74) is 7.82. The topological polar surface area (TPSA) is 87.4 Å². The Morgan fingerprint density at radius 2 is 2.10 bits per heavy atom. The lowest BCUT2D eigenvalue weighted by Gasteiger charge is -2.26. The summed E-state index contributed by atoms with van der Waals surface area (Å²) >= 11 is 0. The molecule has 0 saturated carbocycles. The van der Waals surface area contributed by atoms with Crippen LogP contribution in [-0.4, -0.2) is 30.7 Å². The monoisotopic (exact) mass is 293 g/mol. The molecule has 0 spiro atoms. The fourth-order valence-corrected chi connectivity index (χ4v) is 2.14. The summed E-state index contributed by atoms with van der Waals surface area (Å²) in [7, 11) is 0. The van der Waals surface area contributed by atoms with Crippen LogP contribution >= 0.6 is 0 Å². The lowest BCUT2D eigenvalue weighted by Crippen LogP contribution is -2.27. The van der Waals surface area contributed by atoms with E-state index in [0.717, 1.165) is 18.5 Å². The van der Waals surface area contributed by atoms with Gasteiger partial charge in [-0.25, -0.2) is 0 Å². The van der Waals surface area contributed by atoms with Gasteiger partial charge in [-0.1, -0.05) is 13.8 Å². The van der Waals surface area contributed by atoms with Crippen molar-refractivity contribution < 1.29 is 9.90 Å². The Balaban J connectivity index is 2.81. The Hall–Kier alpha value is -1.75. The van der Waals surface area contributed by atoms with Crippen LogP contribution in [0.2, 0.25) is 0 Å². The van der Waals surface area contributed by atoms with Gasteiger partial charge in [-0.15, -0.1) is 0 Å². The Labute approximate surface area is 126 Å². The van der Waals surface area contributed by atoms with Crippen molar-refractivity contribution in [3.05, 3.63) is 23.8 Å². The zero-order valence-corrected chi connectivity index (χ0v) is 13.2. The van der Waals surface area contributed by atoms with E-state index in [0.29, 0.717) is 24.3 Å². The third-order valence-corrected chi connectivity index (χ3v) is 3.39.